The molecule has 0 radical (unpaired) electrons. The van der Waals surface area contributed by atoms with Crippen molar-refractivity contribution >= 4 is 6.21 Å². The fourth-order valence-corrected chi connectivity index (χ4v) is 0.749. The Bertz CT molecular complexity index is 216. The highest BCUT2D eigenvalue weighted by Gasteiger charge is 1.87. The average Bonchev–Trinajstić information content (AvgIpc) is 1.89. The quantitative estimate of drug-likeness (QED) is 0.547. The maximum absolute atomic E-state index is 6.96. The van der Waals surface area contributed by atoms with E-state index in [1.807, 2.05) is 31.2 Å². The van der Waals surface area contributed by atoms with Gasteiger partial charge in [0.25, 0.3) is 0 Å². The number of benzene rings is 1. The molecule has 9 heavy (non-hydrogen) atoms. The molecule has 1 N–H and O–H groups in total. The monoisotopic (exact) mass is 119 g/mol. The molecule has 0 bridgehead atoms. The lowest BCUT2D eigenvalue weighted by molar-refractivity contribution is 1.43. The summed E-state index contributed by atoms with van der Waals surface area (Å²) in [5.74, 6) is 0. The molecule has 0 aliphatic carbocycles. The van der Waals surface area contributed by atoms with E-state index in [4.69, 9.17) is 5.41 Å². The summed E-state index contributed by atoms with van der Waals surface area (Å²) in [5, 5.41) is 6.96. The number of nitrogens with one attached hydrogen (secondary N) is 1. The van der Waals surface area contributed by atoms with E-state index >= 15 is 0 Å². The fourth-order valence-electron chi connectivity index (χ4n) is 0.749. The van der Waals surface area contributed by atoms with Crippen molar-refractivity contribution in [1.29, 1.82) is 5.41 Å². The molecule has 0 aliphatic heterocycles. The molecule has 0 aliphatic rings. The summed E-state index contributed by atoms with van der Waals surface area (Å²) >= 11 is 0. The minimum Gasteiger partial charge on any atom is -0.308 e. The van der Waals surface area contributed by atoms with Gasteiger partial charge >= 0.3 is 0 Å². The van der Waals surface area contributed by atoms with Crippen LogP contribution in [0.15, 0.2) is 24.3 Å². The number of rotatable bonds is 1. The third-order valence-electron chi connectivity index (χ3n) is 1.34. The molecule has 1 nitrogen and oxygen atoms in total. The van der Waals surface area contributed by atoms with Crippen molar-refractivity contribution < 1.29 is 0 Å². The largest absolute Gasteiger partial charge is 0.308 e. The average molecular weight is 119 g/mol. The summed E-state index contributed by atoms with van der Waals surface area (Å²) in [6.45, 7) is 2.00. The predicted molar refractivity (Wildman–Crippen MR) is 39.1 cm³/mol. The van der Waals surface area contributed by atoms with Gasteiger partial charge in [0, 0.05) is 6.21 Å². The molecular formula is C8H9N. The molecule has 0 amide bonds. The van der Waals surface area contributed by atoms with Crippen molar-refractivity contribution in [2.45, 2.75) is 6.92 Å². The van der Waals surface area contributed by atoms with Gasteiger partial charge in [-0.3, -0.25) is 0 Å². The van der Waals surface area contributed by atoms with Gasteiger partial charge in [-0.2, -0.15) is 0 Å². The third-order valence-corrected chi connectivity index (χ3v) is 1.34. The first-order valence-electron chi connectivity index (χ1n) is 2.90. The number of aryl methyl sites for hydroxylation is 1. The first-order chi connectivity index (χ1) is 4.34. The van der Waals surface area contributed by atoms with Crippen LogP contribution in [0.3, 0.4) is 0 Å². The van der Waals surface area contributed by atoms with Crippen molar-refractivity contribution in [3.63, 3.8) is 0 Å². The van der Waals surface area contributed by atoms with Crippen LogP contribution in [0.25, 0.3) is 0 Å². The van der Waals surface area contributed by atoms with Gasteiger partial charge in [-0.05, 0) is 18.1 Å². The molecule has 1 heteroatoms. The van der Waals surface area contributed by atoms with E-state index < -0.39 is 0 Å². The molecule has 0 aromatic heterocycles. The maximum Gasteiger partial charge on any atom is 0.0252 e. The van der Waals surface area contributed by atoms with Gasteiger partial charge in [0.15, 0.2) is 0 Å². The molecule has 0 unspecified atom stereocenters. The van der Waals surface area contributed by atoms with Gasteiger partial charge in [0.1, 0.15) is 0 Å². The van der Waals surface area contributed by atoms with Crippen LogP contribution in [0.5, 0.6) is 0 Å². The molecule has 1 aromatic carbocycles. The van der Waals surface area contributed by atoms with Gasteiger partial charge < -0.3 is 5.41 Å². The van der Waals surface area contributed by atoms with Gasteiger partial charge in [-0.1, -0.05) is 24.3 Å². The minimum atomic E-state index is 0.998. The van der Waals surface area contributed by atoms with Crippen LogP contribution in [0.1, 0.15) is 11.1 Å². The topological polar surface area (TPSA) is 23.9 Å². The zero-order chi connectivity index (χ0) is 6.69. The van der Waals surface area contributed by atoms with E-state index in [-0.39, 0.29) is 0 Å². The molecule has 0 spiro atoms. The Morgan fingerprint density at radius 3 is 2.44 bits per heavy atom. The normalized spacial score (nSPS) is 9.00. The van der Waals surface area contributed by atoms with Gasteiger partial charge in [-0.15, -0.1) is 0 Å². The van der Waals surface area contributed by atoms with Crippen LogP contribution in [0.2, 0.25) is 0 Å². The summed E-state index contributed by atoms with van der Waals surface area (Å²) in [6.07, 6.45) is 1.37. The van der Waals surface area contributed by atoms with Crippen molar-refractivity contribution in [1.82, 2.24) is 0 Å². The fraction of sp³-hybridized carbons (Fsp3) is 0.125. The Balaban J connectivity index is 3.15. The Hall–Kier alpha value is -1.11. The minimum absolute atomic E-state index is 0.998. The summed E-state index contributed by atoms with van der Waals surface area (Å²) in [6, 6.07) is 7.85. The number of hydrogen-bond donors (Lipinski definition) is 1. The van der Waals surface area contributed by atoms with Crippen molar-refractivity contribution in [3.05, 3.63) is 35.4 Å². The summed E-state index contributed by atoms with van der Waals surface area (Å²) in [7, 11) is 0. The molecule has 0 atom stereocenters. The Labute approximate surface area is 54.8 Å². The third kappa shape index (κ3) is 1.17. The molecule has 1 rings (SSSR count). The van der Waals surface area contributed by atoms with Crippen LogP contribution in [-0.4, -0.2) is 6.21 Å². The molecule has 0 saturated heterocycles. The van der Waals surface area contributed by atoms with E-state index in [1.165, 1.54) is 6.21 Å². The second kappa shape index (κ2) is 2.44. The van der Waals surface area contributed by atoms with Crippen LogP contribution < -0.4 is 0 Å². The molecular weight excluding hydrogens is 110 g/mol. The maximum atomic E-state index is 6.96. The van der Waals surface area contributed by atoms with Crippen molar-refractivity contribution in [2.75, 3.05) is 0 Å². The summed E-state index contributed by atoms with van der Waals surface area (Å²) in [4.78, 5) is 0. The molecule has 0 fully saturated rings. The Morgan fingerprint density at radius 1 is 1.33 bits per heavy atom. The highest BCUT2D eigenvalue weighted by molar-refractivity contribution is 5.78. The van der Waals surface area contributed by atoms with E-state index in [9.17, 15) is 0 Å². The Kier molecular flexibility index (Phi) is 1.63. The Morgan fingerprint density at radius 2 is 2.00 bits per heavy atom. The molecule has 46 valence electrons. The molecule has 0 heterocycles. The van der Waals surface area contributed by atoms with Gasteiger partial charge in [-0.25, -0.2) is 0 Å². The highest BCUT2D eigenvalue weighted by atomic mass is 14.3. The zero-order valence-electron chi connectivity index (χ0n) is 5.39. The van der Waals surface area contributed by atoms with Gasteiger partial charge in [0.05, 0.1) is 0 Å². The molecule has 0 saturated carbocycles. The lowest BCUT2D eigenvalue weighted by Gasteiger charge is -1.94. The van der Waals surface area contributed by atoms with E-state index in [0.29, 0.717) is 0 Å². The van der Waals surface area contributed by atoms with Crippen LogP contribution in [0.4, 0.5) is 0 Å². The van der Waals surface area contributed by atoms with Crippen molar-refractivity contribution in [2.24, 2.45) is 0 Å². The summed E-state index contributed by atoms with van der Waals surface area (Å²) < 4.78 is 0. The molecule has 1 aromatic rings. The second-order valence-corrected chi connectivity index (χ2v) is 2.00. The van der Waals surface area contributed by atoms with E-state index in [0.717, 1.165) is 11.1 Å². The second-order valence-electron chi connectivity index (χ2n) is 2.00. The first kappa shape index (κ1) is 6.02. The van der Waals surface area contributed by atoms with Crippen LogP contribution in [0, 0.1) is 12.3 Å². The van der Waals surface area contributed by atoms with Gasteiger partial charge in [0.2, 0.25) is 0 Å². The first-order valence-corrected chi connectivity index (χ1v) is 2.90. The SMILES string of the molecule is Cc1ccccc1C=N. The lowest BCUT2D eigenvalue weighted by atomic mass is 10.1. The van der Waals surface area contributed by atoms with Crippen molar-refractivity contribution in [3.8, 4) is 0 Å². The lowest BCUT2D eigenvalue weighted by Crippen LogP contribution is -1.82. The smallest absolute Gasteiger partial charge is 0.0252 e. The predicted octanol–water partition coefficient (Wildman–Crippen LogP) is 1.99. The number of hydrogen-bond acceptors (Lipinski definition) is 1. The van der Waals surface area contributed by atoms with Crippen LogP contribution >= 0.6 is 0 Å². The van der Waals surface area contributed by atoms with E-state index in [2.05, 4.69) is 0 Å². The summed E-state index contributed by atoms with van der Waals surface area (Å²) in [5.41, 5.74) is 2.16. The standard InChI is InChI=1S/C8H9N/c1-7-4-2-3-5-8(7)6-9/h2-6,9H,1H3. The van der Waals surface area contributed by atoms with Crippen LogP contribution in [-0.2, 0) is 0 Å². The highest BCUT2D eigenvalue weighted by Crippen LogP contribution is 2.01. The van der Waals surface area contributed by atoms with E-state index in [1.54, 1.807) is 0 Å². The zero-order valence-corrected chi connectivity index (χ0v) is 5.39.